The largest absolute Gasteiger partial charge is 0.352 e. The molecule has 4 aliphatic rings. The molecule has 5 atom stereocenters. The van der Waals surface area contributed by atoms with Gasteiger partial charge in [-0.2, -0.15) is 0 Å². The van der Waals surface area contributed by atoms with Crippen molar-refractivity contribution in [3.05, 3.63) is 0 Å². The van der Waals surface area contributed by atoms with Crippen LogP contribution < -0.4 is 5.32 Å². The summed E-state index contributed by atoms with van der Waals surface area (Å²) in [5.74, 6) is 1.18. The molecule has 4 fully saturated rings. The van der Waals surface area contributed by atoms with Crippen LogP contribution in [0.1, 0.15) is 80.1 Å². The van der Waals surface area contributed by atoms with Crippen molar-refractivity contribution in [1.82, 2.24) is 5.32 Å². The first-order chi connectivity index (χ1) is 10.9. The molecule has 4 aliphatic carbocycles. The molecule has 4 bridgehead atoms. The summed E-state index contributed by atoms with van der Waals surface area (Å²) in [6, 6.07) is 0.270. The van der Waals surface area contributed by atoms with E-state index in [0.29, 0.717) is 17.6 Å². The predicted molar refractivity (Wildman–Crippen MR) is 94.3 cm³/mol. The van der Waals surface area contributed by atoms with Gasteiger partial charge < -0.3 is 5.32 Å². The summed E-state index contributed by atoms with van der Waals surface area (Å²) in [6.45, 7) is 13.5. The molecule has 24 heavy (non-hydrogen) atoms. The zero-order chi connectivity index (χ0) is 17.8. The Balaban J connectivity index is 1.62. The van der Waals surface area contributed by atoms with Crippen LogP contribution in [0.4, 0.5) is 0 Å². The maximum absolute atomic E-state index is 13.5. The van der Waals surface area contributed by atoms with Crippen LogP contribution in [0, 0.1) is 33.0 Å². The molecule has 0 radical (unpaired) electrons. The molecule has 0 aromatic rings. The van der Waals surface area contributed by atoms with E-state index in [1.165, 1.54) is 12.8 Å². The molecule has 1 amide bonds. The van der Waals surface area contributed by atoms with Gasteiger partial charge in [-0.15, -0.1) is 0 Å². The molecular formula is C21H33NO2. The van der Waals surface area contributed by atoms with Crippen molar-refractivity contribution in [3.63, 3.8) is 0 Å². The third-order valence-electron chi connectivity index (χ3n) is 10.2. The fourth-order valence-corrected chi connectivity index (χ4v) is 7.08. The third-order valence-corrected chi connectivity index (χ3v) is 10.2. The van der Waals surface area contributed by atoms with Gasteiger partial charge in [-0.1, -0.05) is 41.5 Å². The highest BCUT2D eigenvalue weighted by Crippen LogP contribution is 2.71. The van der Waals surface area contributed by atoms with Gasteiger partial charge in [0.2, 0.25) is 5.91 Å². The molecule has 0 spiro atoms. The van der Waals surface area contributed by atoms with Crippen molar-refractivity contribution in [1.29, 1.82) is 0 Å². The van der Waals surface area contributed by atoms with Crippen molar-refractivity contribution in [2.75, 3.05) is 0 Å². The van der Waals surface area contributed by atoms with E-state index in [4.69, 9.17) is 0 Å². The summed E-state index contributed by atoms with van der Waals surface area (Å²) in [6.07, 6.45) is 5.79. The van der Waals surface area contributed by atoms with Crippen molar-refractivity contribution in [2.45, 2.75) is 86.1 Å². The maximum atomic E-state index is 13.5. The topological polar surface area (TPSA) is 46.2 Å². The summed E-state index contributed by atoms with van der Waals surface area (Å²) in [5.41, 5.74) is -0.551. The number of carbonyl (C=O) groups excluding carboxylic acids is 2. The highest BCUT2D eigenvalue weighted by atomic mass is 16.2. The van der Waals surface area contributed by atoms with Gasteiger partial charge in [0, 0.05) is 17.9 Å². The monoisotopic (exact) mass is 331 g/mol. The summed E-state index contributed by atoms with van der Waals surface area (Å²) in [7, 11) is 0. The molecule has 0 saturated heterocycles. The predicted octanol–water partition coefficient (Wildman–Crippen LogP) is 4.10. The highest BCUT2D eigenvalue weighted by Gasteiger charge is 2.73. The van der Waals surface area contributed by atoms with Gasteiger partial charge in [-0.05, 0) is 54.3 Å². The summed E-state index contributed by atoms with van der Waals surface area (Å²) < 4.78 is 0. The van der Waals surface area contributed by atoms with Crippen LogP contribution in [0.15, 0.2) is 0 Å². The van der Waals surface area contributed by atoms with Crippen molar-refractivity contribution in [3.8, 4) is 0 Å². The van der Waals surface area contributed by atoms with Gasteiger partial charge in [0.1, 0.15) is 5.78 Å². The SMILES string of the molecule is CC1(C)[C@]2(C(=O)N[C@@H]3C[C@H]4CC[C@@]3(C)C4(C)C)CC[C@@]1(C)C(=O)C2. The van der Waals surface area contributed by atoms with E-state index in [1.54, 1.807) is 0 Å². The van der Waals surface area contributed by atoms with Crippen molar-refractivity contribution in [2.24, 2.45) is 33.0 Å². The number of hydrogen-bond donors (Lipinski definition) is 1. The molecule has 0 aromatic heterocycles. The first-order valence-electron chi connectivity index (χ1n) is 9.77. The number of ketones is 1. The quantitative estimate of drug-likeness (QED) is 0.828. The van der Waals surface area contributed by atoms with Crippen molar-refractivity contribution >= 4 is 11.7 Å². The fraction of sp³-hybridized carbons (Fsp3) is 0.905. The van der Waals surface area contributed by atoms with E-state index >= 15 is 0 Å². The fourth-order valence-electron chi connectivity index (χ4n) is 7.08. The number of rotatable bonds is 2. The molecule has 134 valence electrons. The van der Waals surface area contributed by atoms with Crippen LogP contribution in [-0.4, -0.2) is 17.7 Å². The van der Waals surface area contributed by atoms with Gasteiger partial charge in [0.25, 0.3) is 0 Å². The molecular weight excluding hydrogens is 298 g/mol. The molecule has 1 N–H and O–H groups in total. The lowest BCUT2D eigenvalue weighted by atomic mass is 9.64. The highest BCUT2D eigenvalue weighted by molar-refractivity contribution is 5.99. The van der Waals surface area contributed by atoms with Crippen LogP contribution in [0.3, 0.4) is 0 Å². The molecule has 0 heterocycles. The van der Waals surface area contributed by atoms with E-state index in [0.717, 1.165) is 25.2 Å². The Kier molecular flexibility index (Phi) is 2.95. The third kappa shape index (κ3) is 1.48. The summed E-state index contributed by atoms with van der Waals surface area (Å²) >= 11 is 0. The Labute approximate surface area is 146 Å². The zero-order valence-electron chi connectivity index (χ0n) is 16.2. The first-order valence-corrected chi connectivity index (χ1v) is 9.77. The minimum Gasteiger partial charge on any atom is -0.352 e. The van der Waals surface area contributed by atoms with Gasteiger partial charge in [0.05, 0.1) is 5.41 Å². The first kappa shape index (κ1) is 16.6. The van der Waals surface area contributed by atoms with Crippen LogP contribution in [0.2, 0.25) is 0 Å². The number of amides is 1. The molecule has 3 heteroatoms. The molecule has 4 rings (SSSR count). The van der Waals surface area contributed by atoms with Crippen LogP contribution in [0.5, 0.6) is 0 Å². The number of Topliss-reactive ketones (excluding diaryl/α,β-unsaturated/α-hetero) is 1. The van der Waals surface area contributed by atoms with Gasteiger partial charge >= 0.3 is 0 Å². The number of fused-ring (bicyclic) bond motifs is 4. The Morgan fingerprint density at radius 1 is 1.04 bits per heavy atom. The van der Waals surface area contributed by atoms with E-state index in [9.17, 15) is 9.59 Å². The molecule has 0 unspecified atom stereocenters. The molecule has 0 aromatic carbocycles. The van der Waals surface area contributed by atoms with E-state index < -0.39 is 5.41 Å². The molecule has 0 aliphatic heterocycles. The average Bonchev–Trinajstić information content (AvgIpc) is 2.97. The summed E-state index contributed by atoms with van der Waals surface area (Å²) in [4.78, 5) is 26.1. The van der Waals surface area contributed by atoms with Crippen LogP contribution >= 0.6 is 0 Å². The lowest BCUT2D eigenvalue weighted by Crippen LogP contribution is -2.54. The second-order valence-corrected chi connectivity index (χ2v) is 10.8. The Bertz CT molecular complexity index is 636. The van der Waals surface area contributed by atoms with E-state index in [2.05, 4.69) is 46.9 Å². The normalized spacial score (nSPS) is 50.5. The average molecular weight is 332 g/mol. The lowest BCUT2D eigenvalue weighted by molar-refractivity contribution is -0.138. The van der Waals surface area contributed by atoms with E-state index in [1.807, 2.05) is 0 Å². The minimum absolute atomic E-state index is 0.164. The maximum Gasteiger partial charge on any atom is 0.227 e. The number of nitrogens with one attached hydrogen (secondary N) is 1. The van der Waals surface area contributed by atoms with Crippen LogP contribution in [-0.2, 0) is 9.59 Å². The Morgan fingerprint density at radius 2 is 1.71 bits per heavy atom. The van der Waals surface area contributed by atoms with Crippen LogP contribution in [0.25, 0.3) is 0 Å². The van der Waals surface area contributed by atoms with E-state index in [-0.39, 0.29) is 28.2 Å². The number of hydrogen-bond acceptors (Lipinski definition) is 2. The second-order valence-electron chi connectivity index (χ2n) is 10.8. The van der Waals surface area contributed by atoms with Crippen molar-refractivity contribution < 1.29 is 9.59 Å². The van der Waals surface area contributed by atoms with Gasteiger partial charge in [0.15, 0.2) is 0 Å². The minimum atomic E-state index is -0.485. The Morgan fingerprint density at radius 3 is 2.12 bits per heavy atom. The Hall–Kier alpha value is -0.860. The smallest absolute Gasteiger partial charge is 0.227 e. The second kappa shape index (κ2) is 4.27. The summed E-state index contributed by atoms with van der Waals surface area (Å²) in [5, 5.41) is 3.47. The zero-order valence-corrected chi connectivity index (χ0v) is 16.2. The standard InChI is InChI=1S/C21H33NO2/c1-17(2)13-7-8-19(17,5)14(11-13)22-16(24)21-10-9-20(6,15(23)12-21)18(21,3)4/h13-14H,7-12H2,1-6H3,(H,22,24)/t13-,14-,19-,20+,21-/m1/s1. The molecule has 3 nitrogen and oxygen atoms in total. The number of carbonyl (C=O) groups is 2. The molecule has 4 saturated carbocycles. The lowest BCUT2D eigenvalue weighted by Gasteiger charge is -2.43. The van der Waals surface area contributed by atoms with Gasteiger partial charge in [-0.25, -0.2) is 0 Å². The van der Waals surface area contributed by atoms with Gasteiger partial charge in [-0.3, -0.25) is 9.59 Å².